The van der Waals surface area contributed by atoms with E-state index in [0.29, 0.717) is 19.3 Å². The minimum absolute atomic E-state index is 0.0751. The van der Waals surface area contributed by atoms with E-state index >= 15 is 0 Å². The zero-order chi connectivity index (χ0) is 52.9. The van der Waals surface area contributed by atoms with Crippen molar-refractivity contribution in [1.29, 1.82) is 0 Å². The molecule has 0 fully saturated rings. The molecule has 0 aromatic rings. The van der Waals surface area contributed by atoms with Gasteiger partial charge in [0.15, 0.2) is 6.10 Å². The predicted octanol–water partition coefficient (Wildman–Crippen LogP) is 21.8. The van der Waals surface area contributed by atoms with Gasteiger partial charge in [-0.2, -0.15) is 0 Å². The Hall–Kier alpha value is -2.63. The summed E-state index contributed by atoms with van der Waals surface area (Å²) in [5.41, 5.74) is 0. The summed E-state index contributed by atoms with van der Waals surface area (Å²) < 4.78 is 16.8. The van der Waals surface area contributed by atoms with Gasteiger partial charge in [0.1, 0.15) is 13.2 Å². The maximum absolute atomic E-state index is 12.8. The zero-order valence-electron chi connectivity index (χ0n) is 48.9. The van der Waals surface area contributed by atoms with Crippen molar-refractivity contribution in [3.63, 3.8) is 0 Å². The molecule has 0 aromatic carbocycles. The van der Waals surface area contributed by atoms with Crippen molar-refractivity contribution in [2.45, 2.75) is 348 Å². The van der Waals surface area contributed by atoms with Gasteiger partial charge in [0, 0.05) is 19.3 Å². The molecule has 0 rings (SSSR count). The van der Waals surface area contributed by atoms with Gasteiger partial charge in [-0.05, 0) is 83.5 Å². The van der Waals surface area contributed by atoms with Crippen molar-refractivity contribution in [3.05, 3.63) is 48.6 Å². The molecule has 0 radical (unpaired) electrons. The Bertz CT molecular complexity index is 1270. The number of allylic oxidation sites excluding steroid dienone is 8. The number of carbonyl (C=O) groups excluding carboxylic acids is 3. The average molecular weight is 1020 g/mol. The summed E-state index contributed by atoms with van der Waals surface area (Å²) in [6.07, 6.45) is 77.2. The highest BCUT2D eigenvalue weighted by atomic mass is 16.6. The van der Waals surface area contributed by atoms with Crippen molar-refractivity contribution in [2.75, 3.05) is 13.2 Å². The number of ether oxygens (including phenoxy) is 3. The molecule has 0 spiro atoms. The normalized spacial score (nSPS) is 12.3. The largest absolute Gasteiger partial charge is 0.462 e. The Labute approximate surface area is 454 Å². The third kappa shape index (κ3) is 60.1. The minimum atomic E-state index is -0.776. The van der Waals surface area contributed by atoms with Gasteiger partial charge in [0.05, 0.1) is 0 Å². The molecular formula is C67H122O6. The van der Waals surface area contributed by atoms with Crippen molar-refractivity contribution in [3.8, 4) is 0 Å². The second-order valence-electron chi connectivity index (χ2n) is 21.7. The lowest BCUT2D eigenvalue weighted by Gasteiger charge is -2.18. The number of carbonyl (C=O) groups is 3. The van der Waals surface area contributed by atoms with Gasteiger partial charge in [-0.1, -0.05) is 288 Å². The van der Waals surface area contributed by atoms with Crippen LogP contribution in [0.3, 0.4) is 0 Å². The standard InChI is InChI=1S/C67H122O6/c1-4-7-10-13-16-18-20-22-24-26-28-29-30-31-32-33-34-35-36-37-39-40-42-44-46-48-51-54-57-60-66(69)72-63-64(62-71-65(68)59-56-53-50-15-12-9-6-3)73-67(70)61-58-55-52-49-47-45-43-41-38-27-25-23-21-19-17-14-11-8-5-2/h17,19,23,25-26,28,38,41,64H,4-16,18,20-22,24,27,29-37,39-40,42-63H2,1-3H3/b19-17-,25-23-,28-26-,41-38-. The van der Waals surface area contributed by atoms with Crippen LogP contribution in [0, 0.1) is 0 Å². The lowest BCUT2D eigenvalue weighted by molar-refractivity contribution is -0.167. The fourth-order valence-corrected chi connectivity index (χ4v) is 9.45. The summed E-state index contributed by atoms with van der Waals surface area (Å²) in [7, 11) is 0. The first-order valence-electron chi connectivity index (χ1n) is 32.1. The molecular weight excluding hydrogens is 901 g/mol. The van der Waals surface area contributed by atoms with E-state index in [2.05, 4.69) is 69.4 Å². The molecule has 0 amide bonds. The lowest BCUT2D eigenvalue weighted by atomic mass is 10.0. The Kier molecular flexibility index (Phi) is 59.7. The topological polar surface area (TPSA) is 78.9 Å². The second-order valence-corrected chi connectivity index (χ2v) is 21.7. The highest BCUT2D eigenvalue weighted by molar-refractivity contribution is 5.71. The fraction of sp³-hybridized carbons (Fsp3) is 0.836. The van der Waals surface area contributed by atoms with E-state index in [1.165, 1.54) is 225 Å². The average Bonchev–Trinajstić information content (AvgIpc) is 3.39. The van der Waals surface area contributed by atoms with Gasteiger partial charge in [-0.15, -0.1) is 0 Å². The SMILES string of the molecule is CCCCC/C=C\C/C=C\C/C=C\CCCCCCCCC(=O)OC(COC(=O)CCCCCCCCC)COC(=O)CCCCCCCCCCCCCCCCCCC/C=C\CCCCCCCCCC. The number of hydrogen-bond acceptors (Lipinski definition) is 6. The monoisotopic (exact) mass is 1020 g/mol. The molecule has 6 nitrogen and oxygen atoms in total. The van der Waals surface area contributed by atoms with E-state index in [4.69, 9.17) is 14.2 Å². The maximum atomic E-state index is 12.8. The number of hydrogen-bond donors (Lipinski definition) is 0. The molecule has 0 heterocycles. The molecule has 0 bridgehead atoms. The third-order valence-electron chi connectivity index (χ3n) is 14.3. The Morgan fingerprint density at radius 2 is 0.493 bits per heavy atom. The summed E-state index contributed by atoms with van der Waals surface area (Å²) in [6.45, 7) is 6.60. The van der Waals surface area contributed by atoms with Crippen LogP contribution in [0.25, 0.3) is 0 Å². The molecule has 0 aliphatic carbocycles. The molecule has 0 aliphatic rings. The summed E-state index contributed by atoms with van der Waals surface area (Å²) >= 11 is 0. The molecule has 0 saturated carbocycles. The smallest absolute Gasteiger partial charge is 0.306 e. The number of unbranched alkanes of at least 4 members (excludes halogenated alkanes) is 40. The Morgan fingerprint density at radius 1 is 0.274 bits per heavy atom. The van der Waals surface area contributed by atoms with Crippen LogP contribution in [0.5, 0.6) is 0 Å². The van der Waals surface area contributed by atoms with Crippen LogP contribution in [-0.4, -0.2) is 37.2 Å². The van der Waals surface area contributed by atoms with Gasteiger partial charge in [-0.25, -0.2) is 0 Å². The number of esters is 3. The lowest BCUT2D eigenvalue weighted by Crippen LogP contribution is -2.30. The number of rotatable bonds is 59. The molecule has 0 aliphatic heterocycles. The van der Waals surface area contributed by atoms with Crippen LogP contribution in [0.2, 0.25) is 0 Å². The first kappa shape index (κ1) is 70.4. The fourth-order valence-electron chi connectivity index (χ4n) is 9.45. The van der Waals surface area contributed by atoms with Gasteiger partial charge >= 0.3 is 17.9 Å². The van der Waals surface area contributed by atoms with Crippen molar-refractivity contribution in [2.24, 2.45) is 0 Å². The Balaban J connectivity index is 4.06. The molecule has 0 N–H and O–H groups in total. The van der Waals surface area contributed by atoms with Gasteiger partial charge in [0.25, 0.3) is 0 Å². The van der Waals surface area contributed by atoms with Crippen LogP contribution < -0.4 is 0 Å². The molecule has 73 heavy (non-hydrogen) atoms. The van der Waals surface area contributed by atoms with Crippen molar-refractivity contribution in [1.82, 2.24) is 0 Å². The zero-order valence-corrected chi connectivity index (χ0v) is 48.9. The van der Waals surface area contributed by atoms with E-state index in [-0.39, 0.29) is 31.1 Å². The van der Waals surface area contributed by atoms with Crippen molar-refractivity contribution >= 4 is 17.9 Å². The van der Waals surface area contributed by atoms with Crippen LogP contribution in [0.1, 0.15) is 342 Å². The summed E-state index contributed by atoms with van der Waals surface area (Å²) in [5, 5.41) is 0. The summed E-state index contributed by atoms with van der Waals surface area (Å²) in [4.78, 5) is 38.0. The first-order chi connectivity index (χ1) is 36.0. The van der Waals surface area contributed by atoms with E-state index in [9.17, 15) is 14.4 Å². The van der Waals surface area contributed by atoms with Crippen molar-refractivity contribution < 1.29 is 28.6 Å². The first-order valence-corrected chi connectivity index (χ1v) is 32.1. The predicted molar refractivity (Wildman–Crippen MR) is 316 cm³/mol. The Morgan fingerprint density at radius 3 is 0.808 bits per heavy atom. The molecule has 0 aromatic heterocycles. The van der Waals surface area contributed by atoms with Crippen LogP contribution in [-0.2, 0) is 28.6 Å². The van der Waals surface area contributed by atoms with Gasteiger partial charge < -0.3 is 14.2 Å². The van der Waals surface area contributed by atoms with Crippen LogP contribution >= 0.6 is 0 Å². The molecule has 1 atom stereocenters. The highest BCUT2D eigenvalue weighted by Crippen LogP contribution is 2.17. The molecule has 1 unspecified atom stereocenters. The van der Waals surface area contributed by atoms with Crippen LogP contribution in [0.4, 0.5) is 0 Å². The van der Waals surface area contributed by atoms with Gasteiger partial charge in [-0.3, -0.25) is 14.4 Å². The van der Waals surface area contributed by atoms with E-state index in [1.807, 2.05) is 0 Å². The molecule has 0 saturated heterocycles. The minimum Gasteiger partial charge on any atom is -0.462 e. The maximum Gasteiger partial charge on any atom is 0.306 e. The third-order valence-corrected chi connectivity index (χ3v) is 14.3. The van der Waals surface area contributed by atoms with E-state index < -0.39 is 6.10 Å². The summed E-state index contributed by atoms with van der Waals surface area (Å²) in [5.74, 6) is -0.878. The van der Waals surface area contributed by atoms with Gasteiger partial charge in [0.2, 0.25) is 0 Å². The highest BCUT2D eigenvalue weighted by Gasteiger charge is 2.19. The summed E-state index contributed by atoms with van der Waals surface area (Å²) in [6, 6.07) is 0. The second kappa shape index (κ2) is 61.9. The van der Waals surface area contributed by atoms with Crippen LogP contribution in [0.15, 0.2) is 48.6 Å². The quantitative estimate of drug-likeness (QED) is 0.0261. The van der Waals surface area contributed by atoms with E-state index in [1.54, 1.807) is 0 Å². The van der Waals surface area contributed by atoms with E-state index in [0.717, 1.165) is 77.0 Å². The molecule has 6 heteroatoms. The molecule has 426 valence electrons.